The van der Waals surface area contributed by atoms with E-state index in [1.165, 1.54) is 11.1 Å². The summed E-state index contributed by atoms with van der Waals surface area (Å²) in [6.45, 7) is 3.90. The van der Waals surface area contributed by atoms with Crippen LogP contribution in [0.25, 0.3) is 0 Å². The molecule has 1 aromatic rings. The van der Waals surface area contributed by atoms with E-state index in [1.807, 2.05) is 0 Å². The molecule has 0 spiro atoms. The second-order valence-corrected chi connectivity index (χ2v) is 7.66. The molecule has 4 atom stereocenters. The van der Waals surface area contributed by atoms with Crippen molar-refractivity contribution in [3.05, 3.63) is 35.4 Å². The van der Waals surface area contributed by atoms with E-state index in [9.17, 15) is 10.2 Å². The number of aliphatic hydroxyl groups is 2. The number of nitrogens with one attached hydrogen (secondary N) is 1. The fourth-order valence-electron chi connectivity index (χ4n) is 4.55. The highest BCUT2D eigenvalue weighted by molar-refractivity contribution is 5.29. The minimum absolute atomic E-state index is 0.0900. The molecular weight excluding hydrogens is 332 g/mol. The second-order valence-electron chi connectivity index (χ2n) is 7.66. The lowest BCUT2D eigenvalue weighted by Crippen LogP contribution is -2.53. The number of hydrogen-bond donors (Lipinski definition) is 3. The van der Waals surface area contributed by atoms with E-state index in [1.54, 1.807) is 0 Å². The Hall–Kier alpha value is -1.02. The lowest BCUT2D eigenvalue weighted by atomic mass is 9.95. The summed E-state index contributed by atoms with van der Waals surface area (Å²) in [5.41, 5.74) is 2.72. The molecule has 3 aliphatic rings. The van der Waals surface area contributed by atoms with Crippen molar-refractivity contribution in [1.29, 1.82) is 0 Å². The summed E-state index contributed by atoms with van der Waals surface area (Å²) >= 11 is 0. The van der Waals surface area contributed by atoms with Crippen molar-refractivity contribution in [3.63, 3.8) is 0 Å². The molecule has 6 heteroatoms. The lowest BCUT2D eigenvalue weighted by molar-refractivity contribution is -0.0229. The molecule has 1 aromatic carbocycles. The molecule has 2 saturated heterocycles. The highest BCUT2D eigenvalue weighted by atomic mass is 16.5. The molecule has 0 bridgehead atoms. The molecule has 0 aliphatic carbocycles. The summed E-state index contributed by atoms with van der Waals surface area (Å²) in [5.74, 6) is 0. The van der Waals surface area contributed by atoms with Crippen molar-refractivity contribution in [3.8, 4) is 0 Å². The Morgan fingerprint density at radius 1 is 1.12 bits per heavy atom. The Balaban J connectivity index is 1.44. The van der Waals surface area contributed by atoms with Crippen LogP contribution in [0.2, 0.25) is 0 Å². The predicted molar refractivity (Wildman–Crippen MR) is 97.9 cm³/mol. The van der Waals surface area contributed by atoms with Crippen molar-refractivity contribution in [2.24, 2.45) is 0 Å². The first-order valence-electron chi connectivity index (χ1n) is 9.82. The average Bonchev–Trinajstić information content (AvgIpc) is 3.02. The zero-order valence-corrected chi connectivity index (χ0v) is 15.2. The van der Waals surface area contributed by atoms with Crippen LogP contribution in [0.1, 0.15) is 24.0 Å². The molecule has 0 amide bonds. The SMILES string of the molecule is OCC1OC(CNC2CCOCC2)C(N2CCc3ccccc3C2)C1O. The Labute approximate surface area is 155 Å². The number of hydrogen-bond acceptors (Lipinski definition) is 6. The van der Waals surface area contributed by atoms with Gasteiger partial charge in [-0.05, 0) is 30.4 Å². The van der Waals surface area contributed by atoms with Crippen LogP contribution in [0, 0.1) is 0 Å². The molecule has 0 aromatic heterocycles. The number of rotatable bonds is 5. The molecule has 0 saturated carbocycles. The molecule has 4 unspecified atom stereocenters. The molecule has 6 nitrogen and oxygen atoms in total. The Morgan fingerprint density at radius 3 is 2.65 bits per heavy atom. The molecule has 3 aliphatic heterocycles. The van der Waals surface area contributed by atoms with Crippen LogP contribution in [0.4, 0.5) is 0 Å². The van der Waals surface area contributed by atoms with Gasteiger partial charge in [-0.3, -0.25) is 4.90 Å². The molecule has 144 valence electrons. The van der Waals surface area contributed by atoms with Gasteiger partial charge in [0.2, 0.25) is 0 Å². The summed E-state index contributed by atoms with van der Waals surface area (Å²) in [6.07, 6.45) is 1.74. The summed E-state index contributed by atoms with van der Waals surface area (Å²) in [7, 11) is 0. The highest BCUT2D eigenvalue weighted by Gasteiger charge is 2.46. The predicted octanol–water partition coefficient (Wildman–Crippen LogP) is 0.303. The topological polar surface area (TPSA) is 74.2 Å². The minimum atomic E-state index is -0.660. The zero-order chi connectivity index (χ0) is 17.9. The monoisotopic (exact) mass is 362 g/mol. The van der Waals surface area contributed by atoms with Crippen molar-refractivity contribution in [2.45, 2.75) is 56.2 Å². The molecule has 26 heavy (non-hydrogen) atoms. The fourth-order valence-corrected chi connectivity index (χ4v) is 4.55. The van der Waals surface area contributed by atoms with Crippen LogP contribution >= 0.6 is 0 Å². The number of benzene rings is 1. The van der Waals surface area contributed by atoms with Crippen molar-refractivity contribution in [1.82, 2.24) is 10.2 Å². The smallest absolute Gasteiger partial charge is 0.109 e. The summed E-state index contributed by atoms with van der Waals surface area (Å²) < 4.78 is 11.5. The maximum absolute atomic E-state index is 10.8. The fraction of sp³-hybridized carbons (Fsp3) is 0.700. The molecule has 2 fully saturated rings. The first-order chi connectivity index (χ1) is 12.8. The van der Waals surface area contributed by atoms with Crippen LogP contribution in [-0.4, -0.2) is 78.4 Å². The number of fused-ring (bicyclic) bond motifs is 1. The molecular formula is C20H30N2O4. The lowest BCUT2D eigenvalue weighted by Gasteiger charge is -2.37. The molecule has 3 heterocycles. The largest absolute Gasteiger partial charge is 0.394 e. The number of nitrogens with zero attached hydrogens (tertiary/aromatic N) is 1. The van der Waals surface area contributed by atoms with E-state index in [0.717, 1.165) is 45.6 Å². The summed E-state index contributed by atoms with van der Waals surface area (Å²) in [6, 6.07) is 8.88. The van der Waals surface area contributed by atoms with E-state index in [0.29, 0.717) is 12.6 Å². The summed E-state index contributed by atoms with van der Waals surface area (Å²) in [4.78, 5) is 2.33. The summed E-state index contributed by atoms with van der Waals surface area (Å²) in [5, 5.41) is 24.0. The third-order valence-corrected chi connectivity index (χ3v) is 6.05. The van der Waals surface area contributed by atoms with Gasteiger partial charge in [-0.25, -0.2) is 0 Å². The van der Waals surface area contributed by atoms with Gasteiger partial charge in [0.05, 0.1) is 18.8 Å². The van der Waals surface area contributed by atoms with E-state index < -0.39 is 12.2 Å². The van der Waals surface area contributed by atoms with Gasteiger partial charge in [0.25, 0.3) is 0 Å². The number of aliphatic hydroxyl groups excluding tert-OH is 2. The van der Waals surface area contributed by atoms with Crippen molar-refractivity contribution in [2.75, 3.05) is 32.9 Å². The normalized spacial score (nSPS) is 33.3. The Bertz CT molecular complexity index is 593. The van der Waals surface area contributed by atoms with E-state index in [2.05, 4.69) is 34.5 Å². The van der Waals surface area contributed by atoms with Crippen LogP contribution in [0.15, 0.2) is 24.3 Å². The first kappa shape index (κ1) is 18.3. The van der Waals surface area contributed by atoms with Gasteiger partial charge in [0.1, 0.15) is 12.2 Å². The quantitative estimate of drug-likeness (QED) is 0.700. The molecule has 4 rings (SSSR count). The highest BCUT2D eigenvalue weighted by Crippen LogP contribution is 2.30. The van der Waals surface area contributed by atoms with Crippen molar-refractivity contribution < 1.29 is 19.7 Å². The Kier molecular flexibility index (Phi) is 5.88. The van der Waals surface area contributed by atoms with Gasteiger partial charge in [-0.1, -0.05) is 24.3 Å². The van der Waals surface area contributed by atoms with Crippen LogP contribution in [0.5, 0.6) is 0 Å². The van der Waals surface area contributed by atoms with Crippen molar-refractivity contribution >= 4 is 0 Å². The van der Waals surface area contributed by atoms with E-state index >= 15 is 0 Å². The average molecular weight is 362 g/mol. The maximum Gasteiger partial charge on any atom is 0.109 e. The van der Waals surface area contributed by atoms with Crippen LogP contribution in [0.3, 0.4) is 0 Å². The molecule has 3 N–H and O–H groups in total. The second kappa shape index (κ2) is 8.33. The standard InChI is InChI=1S/C20H30N2O4/c23-13-18-20(24)19(17(26-18)11-21-16-6-9-25-10-7-16)22-8-5-14-3-1-2-4-15(14)12-22/h1-4,16-21,23-24H,5-13H2. The van der Waals surface area contributed by atoms with Gasteiger partial charge >= 0.3 is 0 Å². The maximum atomic E-state index is 10.8. The number of ether oxygens (including phenoxy) is 2. The van der Waals surface area contributed by atoms with E-state index in [-0.39, 0.29) is 18.8 Å². The van der Waals surface area contributed by atoms with Crippen LogP contribution < -0.4 is 5.32 Å². The van der Waals surface area contributed by atoms with Gasteiger partial charge in [-0.15, -0.1) is 0 Å². The van der Waals surface area contributed by atoms with E-state index in [4.69, 9.17) is 9.47 Å². The van der Waals surface area contributed by atoms with Gasteiger partial charge in [0.15, 0.2) is 0 Å². The van der Waals surface area contributed by atoms with Gasteiger partial charge in [-0.2, -0.15) is 0 Å². The van der Waals surface area contributed by atoms with Gasteiger partial charge in [0, 0.05) is 38.9 Å². The third-order valence-electron chi connectivity index (χ3n) is 6.05. The first-order valence-corrected chi connectivity index (χ1v) is 9.82. The van der Waals surface area contributed by atoms with Crippen LogP contribution in [-0.2, 0) is 22.4 Å². The third kappa shape index (κ3) is 3.81. The minimum Gasteiger partial charge on any atom is -0.394 e. The van der Waals surface area contributed by atoms with Gasteiger partial charge < -0.3 is 25.0 Å². The zero-order valence-electron chi connectivity index (χ0n) is 15.2. The Morgan fingerprint density at radius 2 is 1.88 bits per heavy atom. The molecule has 0 radical (unpaired) electrons.